The number of carbonyl (C=O) groups excluding carboxylic acids is 1. The van der Waals surface area contributed by atoms with E-state index in [2.05, 4.69) is 47.5 Å². The van der Waals surface area contributed by atoms with Gasteiger partial charge in [-0.25, -0.2) is 4.79 Å². The number of hydrogen-bond donors (Lipinski definition) is 1. The molecule has 5 heteroatoms. The van der Waals surface area contributed by atoms with Gasteiger partial charge in [-0.15, -0.1) is 0 Å². The van der Waals surface area contributed by atoms with Crippen molar-refractivity contribution < 1.29 is 14.3 Å². The molecule has 0 bridgehead atoms. The highest BCUT2D eigenvalue weighted by molar-refractivity contribution is 5.79. The van der Waals surface area contributed by atoms with Gasteiger partial charge in [-0.05, 0) is 40.5 Å². The molecule has 5 nitrogen and oxygen atoms in total. The molecule has 3 aromatic rings. The van der Waals surface area contributed by atoms with Gasteiger partial charge in [0.1, 0.15) is 18.4 Å². The summed E-state index contributed by atoms with van der Waals surface area (Å²) in [5, 5.41) is 11.9. The molecule has 1 N–H and O–H groups in total. The molecular weight excluding hydrogens is 400 g/mol. The molecule has 1 amide bonds. The maximum absolute atomic E-state index is 12.2. The van der Waals surface area contributed by atoms with Crippen LogP contribution < -0.4 is 10.1 Å². The van der Waals surface area contributed by atoms with E-state index in [1.165, 1.54) is 29.4 Å². The number of alkyl carbamates (subject to hydrolysis) is 1. The lowest BCUT2D eigenvalue weighted by Gasteiger charge is -2.14. The van der Waals surface area contributed by atoms with Crippen LogP contribution in [-0.4, -0.2) is 26.4 Å². The Balaban J connectivity index is 1.28. The van der Waals surface area contributed by atoms with Crippen molar-refractivity contribution >= 4 is 6.09 Å². The van der Waals surface area contributed by atoms with Crippen molar-refractivity contribution in [3.05, 3.63) is 89.0 Å². The minimum atomic E-state index is -0.454. The molecule has 0 spiro atoms. The molecule has 1 aliphatic carbocycles. The van der Waals surface area contributed by atoms with Crippen molar-refractivity contribution in [3.63, 3.8) is 0 Å². The summed E-state index contributed by atoms with van der Waals surface area (Å²) in [7, 11) is 1.52. The number of methoxy groups -OCH3 is 1. The minimum Gasteiger partial charge on any atom is -0.495 e. The zero-order valence-corrected chi connectivity index (χ0v) is 17.7. The first kappa shape index (κ1) is 21.0. The summed E-state index contributed by atoms with van der Waals surface area (Å²) < 4.78 is 10.6. The average Bonchev–Trinajstić information content (AvgIpc) is 3.16. The van der Waals surface area contributed by atoms with E-state index in [0.29, 0.717) is 24.3 Å². The molecule has 0 fully saturated rings. The zero-order valence-electron chi connectivity index (χ0n) is 17.7. The van der Waals surface area contributed by atoms with Gasteiger partial charge in [-0.1, -0.05) is 60.4 Å². The van der Waals surface area contributed by atoms with Crippen molar-refractivity contribution in [2.75, 3.05) is 20.3 Å². The standard InChI is InChI=1S/C27H22N2O3/c1-31-26-14-13-19(16-20(26)17-28)8-6-7-15-29-27(30)32-18-25-23-11-4-2-9-21(23)22-10-3-5-12-24(22)25/h2-5,9-14,16,25H,7,15,18H2,1H3,(H,29,30). The van der Waals surface area contributed by atoms with E-state index in [1.54, 1.807) is 18.2 Å². The molecule has 0 heterocycles. The highest BCUT2D eigenvalue weighted by atomic mass is 16.5. The zero-order chi connectivity index (χ0) is 22.3. The molecule has 0 radical (unpaired) electrons. The number of fused-ring (bicyclic) bond motifs is 3. The Morgan fingerprint density at radius 2 is 1.72 bits per heavy atom. The summed E-state index contributed by atoms with van der Waals surface area (Å²) in [6.45, 7) is 0.666. The van der Waals surface area contributed by atoms with E-state index >= 15 is 0 Å². The molecule has 0 aromatic heterocycles. The second kappa shape index (κ2) is 9.73. The molecule has 0 unspecified atom stereocenters. The van der Waals surface area contributed by atoms with Gasteiger partial charge in [-0.3, -0.25) is 0 Å². The van der Waals surface area contributed by atoms with Crippen molar-refractivity contribution in [3.8, 4) is 34.8 Å². The monoisotopic (exact) mass is 422 g/mol. The summed E-state index contributed by atoms with van der Waals surface area (Å²) >= 11 is 0. The topological polar surface area (TPSA) is 71.3 Å². The molecule has 4 rings (SSSR count). The lowest BCUT2D eigenvalue weighted by atomic mass is 9.98. The number of nitrogens with one attached hydrogen (secondary N) is 1. The van der Waals surface area contributed by atoms with Gasteiger partial charge in [-0.2, -0.15) is 5.26 Å². The quantitative estimate of drug-likeness (QED) is 0.471. The van der Waals surface area contributed by atoms with Gasteiger partial charge in [0.2, 0.25) is 0 Å². The Morgan fingerprint density at radius 1 is 1.03 bits per heavy atom. The number of benzene rings is 3. The van der Waals surface area contributed by atoms with Crippen LogP contribution in [0, 0.1) is 23.2 Å². The Bertz CT molecular complexity index is 1200. The number of rotatable bonds is 5. The maximum Gasteiger partial charge on any atom is 0.407 e. The van der Waals surface area contributed by atoms with E-state index < -0.39 is 6.09 Å². The number of ether oxygens (including phenoxy) is 2. The van der Waals surface area contributed by atoms with Gasteiger partial charge < -0.3 is 14.8 Å². The SMILES string of the molecule is COc1ccc(C#CCCNC(=O)OCC2c3ccccc3-c3ccccc32)cc1C#N. The van der Waals surface area contributed by atoms with Crippen LogP contribution in [0.2, 0.25) is 0 Å². The van der Waals surface area contributed by atoms with Crippen molar-refractivity contribution in [2.24, 2.45) is 0 Å². The fourth-order valence-corrected chi connectivity index (χ4v) is 3.91. The van der Waals surface area contributed by atoms with Crippen LogP contribution in [0.5, 0.6) is 5.75 Å². The normalized spacial score (nSPS) is 11.4. The largest absolute Gasteiger partial charge is 0.495 e. The molecular formula is C27H22N2O3. The number of nitriles is 1. The lowest BCUT2D eigenvalue weighted by Crippen LogP contribution is -2.26. The van der Waals surface area contributed by atoms with Crippen molar-refractivity contribution in [2.45, 2.75) is 12.3 Å². The third-order valence-corrected chi connectivity index (χ3v) is 5.42. The van der Waals surface area contributed by atoms with Crippen LogP contribution in [-0.2, 0) is 4.74 Å². The van der Waals surface area contributed by atoms with Crippen molar-refractivity contribution in [1.82, 2.24) is 5.32 Å². The van der Waals surface area contributed by atoms with Crippen LogP contribution >= 0.6 is 0 Å². The number of hydrogen-bond acceptors (Lipinski definition) is 4. The van der Waals surface area contributed by atoms with Gasteiger partial charge >= 0.3 is 6.09 Å². The Hall–Kier alpha value is -4.22. The third-order valence-electron chi connectivity index (χ3n) is 5.42. The number of amides is 1. The molecule has 0 aliphatic heterocycles. The van der Waals surface area contributed by atoms with Crippen LogP contribution in [0.1, 0.15) is 34.6 Å². The second-order valence-corrected chi connectivity index (χ2v) is 7.33. The maximum atomic E-state index is 12.2. The molecule has 158 valence electrons. The average molecular weight is 422 g/mol. The molecule has 0 saturated carbocycles. The fourth-order valence-electron chi connectivity index (χ4n) is 3.91. The Kier molecular flexibility index (Phi) is 6.39. The van der Waals surface area contributed by atoms with E-state index in [9.17, 15) is 4.79 Å². The summed E-state index contributed by atoms with van der Waals surface area (Å²) in [5.41, 5.74) is 5.93. The molecule has 0 saturated heterocycles. The minimum absolute atomic E-state index is 0.0392. The number of carbonyl (C=O) groups is 1. The summed E-state index contributed by atoms with van der Waals surface area (Å²) in [6, 6.07) is 23.8. The summed E-state index contributed by atoms with van der Waals surface area (Å²) in [5.74, 6) is 6.56. The van der Waals surface area contributed by atoms with Crippen LogP contribution in [0.15, 0.2) is 66.7 Å². The molecule has 32 heavy (non-hydrogen) atoms. The third kappa shape index (κ3) is 4.43. The van der Waals surface area contributed by atoms with Crippen LogP contribution in [0.4, 0.5) is 4.79 Å². The van der Waals surface area contributed by atoms with Crippen molar-refractivity contribution in [1.29, 1.82) is 5.26 Å². The summed E-state index contributed by atoms with van der Waals surface area (Å²) in [4.78, 5) is 12.2. The predicted molar refractivity (Wildman–Crippen MR) is 122 cm³/mol. The second-order valence-electron chi connectivity index (χ2n) is 7.33. The molecule has 3 aromatic carbocycles. The first-order valence-corrected chi connectivity index (χ1v) is 10.4. The first-order chi connectivity index (χ1) is 15.7. The highest BCUT2D eigenvalue weighted by Crippen LogP contribution is 2.44. The van der Waals surface area contributed by atoms with Crippen LogP contribution in [0.3, 0.4) is 0 Å². The highest BCUT2D eigenvalue weighted by Gasteiger charge is 2.28. The fraction of sp³-hybridized carbons (Fsp3) is 0.185. The summed E-state index contributed by atoms with van der Waals surface area (Å²) in [6.07, 6.45) is 0.0165. The van der Waals surface area contributed by atoms with Gasteiger partial charge in [0, 0.05) is 24.4 Å². The lowest BCUT2D eigenvalue weighted by molar-refractivity contribution is 0.143. The molecule has 0 atom stereocenters. The van der Waals surface area contributed by atoms with Gasteiger partial charge in [0.25, 0.3) is 0 Å². The Morgan fingerprint density at radius 3 is 2.38 bits per heavy atom. The number of nitrogens with zero attached hydrogens (tertiary/aromatic N) is 1. The van der Waals surface area contributed by atoms with E-state index in [4.69, 9.17) is 14.7 Å². The van der Waals surface area contributed by atoms with E-state index in [0.717, 1.165) is 5.56 Å². The predicted octanol–water partition coefficient (Wildman–Crippen LogP) is 4.85. The Labute approximate surface area is 187 Å². The van der Waals surface area contributed by atoms with Gasteiger partial charge in [0.15, 0.2) is 0 Å². The smallest absolute Gasteiger partial charge is 0.407 e. The first-order valence-electron chi connectivity index (χ1n) is 10.4. The van der Waals surface area contributed by atoms with E-state index in [-0.39, 0.29) is 12.5 Å². The van der Waals surface area contributed by atoms with E-state index in [1.807, 2.05) is 24.3 Å². The molecule has 1 aliphatic rings. The van der Waals surface area contributed by atoms with Crippen LogP contribution in [0.25, 0.3) is 11.1 Å². The van der Waals surface area contributed by atoms with Gasteiger partial charge in [0.05, 0.1) is 12.7 Å².